The largest absolute Gasteiger partial charge is 0.440 e. The van der Waals surface area contributed by atoms with Crippen molar-refractivity contribution >= 4 is 6.09 Å². The number of halogens is 6. The number of ether oxygens (including phenoxy) is 1. The molecule has 1 saturated carbocycles. The molecule has 0 aromatic carbocycles. The molecule has 112 valence electrons. The zero-order chi connectivity index (χ0) is 14.7. The number of nitrogens with one attached hydrogen (secondary N) is 1. The summed E-state index contributed by atoms with van der Waals surface area (Å²) in [6, 6.07) is -0.570. The van der Waals surface area contributed by atoms with Gasteiger partial charge in [-0.15, -0.1) is 0 Å². The van der Waals surface area contributed by atoms with Crippen LogP contribution in [0.4, 0.5) is 31.1 Å². The van der Waals surface area contributed by atoms with Crippen molar-refractivity contribution in [3.8, 4) is 0 Å². The highest BCUT2D eigenvalue weighted by Gasteiger charge is 2.41. The summed E-state index contributed by atoms with van der Waals surface area (Å²) in [6.45, 7) is -1.71. The summed E-state index contributed by atoms with van der Waals surface area (Å²) in [6.07, 6.45) is -10.3. The molecule has 1 aliphatic carbocycles. The molecule has 19 heavy (non-hydrogen) atoms. The third-order valence-corrected chi connectivity index (χ3v) is 2.88. The molecule has 3 nitrogen and oxygen atoms in total. The first-order chi connectivity index (χ1) is 8.58. The van der Waals surface area contributed by atoms with Crippen molar-refractivity contribution in [3.63, 3.8) is 0 Å². The summed E-state index contributed by atoms with van der Waals surface area (Å²) in [7, 11) is 0. The number of hydrogen-bond donors (Lipinski definition) is 1. The predicted molar refractivity (Wildman–Crippen MR) is 52.3 cm³/mol. The summed E-state index contributed by atoms with van der Waals surface area (Å²) in [5.74, 6) is -1.41. The van der Waals surface area contributed by atoms with Crippen molar-refractivity contribution in [3.05, 3.63) is 0 Å². The van der Waals surface area contributed by atoms with Gasteiger partial charge in [0, 0.05) is 6.04 Å². The molecule has 0 atom stereocenters. The number of carbonyl (C=O) groups is 1. The number of hydrogen-bond acceptors (Lipinski definition) is 2. The van der Waals surface area contributed by atoms with Gasteiger partial charge in [0.05, 0.1) is 5.92 Å². The number of alkyl carbamates (subject to hydrolysis) is 1. The van der Waals surface area contributed by atoms with Crippen LogP contribution in [0.15, 0.2) is 0 Å². The van der Waals surface area contributed by atoms with E-state index in [1.807, 2.05) is 0 Å². The maximum absolute atomic E-state index is 12.3. The Hall–Kier alpha value is -1.15. The van der Waals surface area contributed by atoms with Crippen molar-refractivity contribution in [2.45, 2.75) is 44.1 Å². The highest BCUT2D eigenvalue weighted by molar-refractivity contribution is 5.67. The van der Waals surface area contributed by atoms with Crippen molar-refractivity contribution in [2.24, 2.45) is 5.92 Å². The van der Waals surface area contributed by atoms with E-state index in [-0.39, 0.29) is 25.7 Å². The van der Waals surface area contributed by atoms with E-state index in [0.29, 0.717) is 0 Å². The molecule has 9 heteroatoms. The molecule has 0 bridgehead atoms. The lowest BCUT2D eigenvalue weighted by atomic mass is 9.86. The quantitative estimate of drug-likeness (QED) is 0.792. The summed E-state index contributed by atoms with van der Waals surface area (Å²) in [5.41, 5.74) is 0. The fourth-order valence-electron chi connectivity index (χ4n) is 1.92. The number of carbonyl (C=O) groups excluding carboxylic acids is 1. The lowest BCUT2D eigenvalue weighted by Crippen LogP contribution is -2.41. The molecular formula is C10H13F6NO2. The van der Waals surface area contributed by atoms with Gasteiger partial charge in [0.1, 0.15) is 0 Å². The molecule has 1 amide bonds. The van der Waals surface area contributed by atoms with Crippen molar-refractivity contribution in [1.29, 1.82) is 0 Å². The molecule has 1 fully saturated rings. The normalized spacial score (nSPS) is 24.9. The molecule has 0 aromatic heterocycles. The minimum atomic E-state index is -4.62. The third kappa shape index (κ3) is 6.02. The van der Waals surface area contributed by atoms with Crippen LogP contribution in [0.25, 0.3) is 0 Å². The second-order valence-electron chi connectivity index (χ2n) is 4.43. The maximum atomic E-state index is 12.3. The second kappa shape index (κ2) is 5.87. The van der Waals surface area contributed by atoms with Crippen LogP contribution in [-0.4, -0.2) is 31.1 Å². The molecule has 0 unspecified atom stereocenters. The van der Waals surface area contributed by atoms with Crippen LogP contribution in [0.5, 0.6) is 0 Å². The van der Waals surface area contributed by atoms with Crippen molar-refractivity contribution < 1.29 is 35.9 Å². The molecule has 0 aliphatic heterocycles. The minimum absolute atomic E-state index is 0.0747. The Morgan fingerprint density at radius 2 is 1.58 bits per heavy atom. The number of rotatable bonds is 2. The van der Waals surface area contributed by atoms with Crippen LogP contribution < -0.4 is 5.32 Å². The van der Waals surface area contributed by atoms with E-state index in [1.165, 1.54) is 0 Å². The monoisotopic (exact) mass is 293 g/mol. The van der Waals surface area contributed by atoms with Gasteiger partial charge in [-0.1, -0.05) is 0 Å². The van der Waals surface area contributed by atoms with Gasteiger partial charge < -0.3 is 10.1 Å². The van der Waals surface area contributed by atoms with Crippen LogP contribution in [0.2, 0.25) is 0 Å². The highest BCUT2D eigenvalue weighted by Crippen LogP contribution is 2.37. The summed E-state index contributed by atoms with van der Waals surface area (Å²) in [5, 5.41) is 2.13. The molecule has 1 rings (SSSR count). The number of amides is 1. The molecule has 0 aromatic rings. The summed E-state index contributed by atoms with van der Waals surface area (Å²) < 4.78 is 76.2. The third-order valence-electron chi connectivity index (χ3n) is 2.88. The highest BCUT2D eigenvalue weighted by atomic mass is 19.4. The molecule has 1 aliphatic rings. The predicted octanol–water partition coefficient (Wildman–Crippen LogP) is 3.40. The first-order valence-electron chi connectivity index (χ1n) is 5.64. The Labute approximate surface area is 105 Å². The van der Waals surface area contributed by atoms with Gasteiger partial charge in [-0.3, -0.25) is 0 Å². The van der Waals surface area contributed by atoms with Crippen LogP contribution in [0, 0.1) is 5.92 Å². The van der Waals surface area contributed by atoms with E-state index in [9.17, 15) is 31.1 Å². The molecule has 0 radical (unpaired) electrons. The molecule has 0 saturated heterocycles. The zero-order valence-corrected chi connectivity index (χ0v) is 9.77. The van der Waals surface area contributed by atoms with E-state index in [0.717, 1.165) is 0 Å². The van der Waals surface area contributed by atoms with Gasteiger partial charge in [0.25, 0.3) is 0 Å². The van der Waals surface area contributed by atoms with Gasteiger partial charge in [-0.2, -0.15) is 26.3 Å². The Kier molecular flexibility index (Phi) is 4.92. The lowest BCUT2D eigenvalue weighted by molar-refractivity contribution is -0.182. The summed E-state index contributed by atoms with van der Waals surface area (Å²) in [4.78, 5) is 11.0. The van der Waals surface area contributed by atoms with Crippen molar-refractivity contribution in [1.82, 2.24) is 5.32 Å². The van der Waals surface area contributed by atoms with Gasteiger partial charge in [0.2, 0.25) is 0 Å². The van der Waals surface area contributed by atoms with E-state index < -0.39 is 37.0 Å². The van der Waals surface area contributed by atoms with E-state index in [2.05, 4.69) is 10.1 Å². The topological polar surface area (TPSA) is 38.3 Å². The SMILES string of the molecule is O=C(NC1CCC(C(F)(F)F)CC1)OCC(F)(F)F. The summed E-state index contributed by atoms with van der Waals surface area (Å²) >= 11 is 0. The zero-order valence-electron chi connectivity index (χ0n) is 9.77. The van der Waals surface area contributed by atoms with Crippen LogP contribution >= 0.6 is 0 Å². The van der Waals surface area contributed by atoms with Crippen LogP contribution in [0.1, 0.15) is 25.7 Å². The average Bonchev–Trinajstić information content (AvgIpc) is 2.25. The second-order valence-corrected chi connectivity index (χ2v) is 4.43. The van der Waals surface area contributed by atoms with Crippen molar-refractivity contribution in [2.75, 3.05) is 6.61 Å². The Bertz CT molecular complexity index is 306. The maximum Gasteiger partial charge on any atom is 0.422 e. The van der Waals surface area contributed by atoms with E-state index in [4.69, 9.17) is 0 Å². The standard InChI is InChI=1S/C10H13F6NO2/c11-9(12,13)5-19-8(18)17-7-3-1-6(2-4-7)10(14,15)16/h6-7H,1-5H2,(H,17,18). The Morgan fingerprint density at radius 1 is 1.05 bits per heavy atom. The fraction of sp³-hybridized carbons (Fsp3) is 0.900. The fourth-order valence-corrected chi connectivity index (χ4v) is 1.92. The smallest absolute Gasteiger partial charge is 0.422 e. The first kappa shape index (κ1) is 15.9. The van der Waals surface area contributed by atoms with E-state index >= 15 is 0 Å². The molecule has 1 N–H and O–H groups in total. The number of alkyl halides is 6. The van der Waals surface area contributed by atoms with Gasteiger partial charge >= 0.3 is 18.4 Å². The minimum Gasteiger partial charge on any atom is -0.440 e. The Morgan fingerprint density at radius 3 is 2.00 bits per heavy atom. The first-order valence-corrected chi connectivity index (χ1v) is 5.64. The van der Waals surface area contributed by atoms with E-state index in [1.54, 1.807) is 0 Å². The van der Waals surface area contributed by atoms with Crippen LogP contribution in [0.3, 0.4) is 0 Å². The Balaban J connectivity index is 2.28. The molecule has 0 spiro atoms. The van der Waals surface area contributed by atoms with Gasteiger partial charge in [0.15, 0.2) is 6.61 Å². The van der Waals surface area contributed by atoms with Gasteiger partial charge in [-0.05, 0) is 25.7 Å². The molecule has 0 heterocycles. The molecular weight excluding hydrogens is 280 g/mol. The van der Waals surface area contributed by atoms with Gasteiger partial charge in [-0.25, -0.2) is 4.79 Å². The lowest BCUT2D eigenvalue weighted by Gasteiger charge is -2.30. The van der Waals surface area contributed by atoms with Crippen LogP contribution in [-0.2, 0) is 4.74 Å². The average molecular weight is 293 g/mol.